The number of aliphatic hydroxyl groups is 1. The SMILES string of the molecule is OCc1ccc(NC2CC(c3ccccc3)C2)cc1. The molecule has 2 heteroatoms. The monoisotopic (exact) mass is 253 g/mol. The standard InChI is InChI=1S/C17H19NO/c19-12-13-6-8-16(9-7-13)18-17-10-15(11-17)14-4-2-1-3-5-14/h1-9,15,17-19H,10-12H2. The fraction of sp³-hybridized carbons (Fsp3) is 0.294. The van der Waals surface area contributed by atoms with E-state index in [9.17, 15) is 0 Å². The van der Waals surface area contributed by atoms with E-state index in [2.05, 4.69) is 35.6 Å². The van der Waals surface area contributed by atoms with Crippen LogP contribution in [-0.4, -0.2) is 11.1 Å². The number of hydrogen-bond donors (Lipinski definition) is 2. The first-order chi connectivity index (χ1) is 9.35. The van der Waals surface area contributed by atoms with Gasteiger partial charge in [-0.25, -0.2) is 0 Å². The molecule has 1 aliphatic carbocycles. The molecule has 1 fully saturated rings. The van der Waals surface area contributed by atoms with Crippen LogP contribution in [-0.2, 0) is 6.61 Å². The van der Waals surface area contributed by atoms with Gasteiger partial charge in [-0.15, -0.1) is 0 Å². The Balaban J connectivity index is 1.53. The zero-order valence-electron chi connectivity index (χ0n) is 10.9. The molecule has 0 aromatic heterocycles. The van der Waals surface area contributed by atoms with Crippen molar-refractivity contribution in [2.75, 3.05) is 5.32 Å². The Kier molecular flexibility index (Phi) is 3.51. The molecule has 1 aliphatic rings. The van der Waals surface area contributed by atoms with Crippen LogP contribution in [0.15, 0.2) is 54.6 Å². The summed E-state index contributed by atoms with van der Waals surface area (Å²) in [7, 11) is 0. The van der Waals surface area contributed by atoms with Crippen LogP contribution >= 0.6 is 0 Å². The lowest BCUT2D eigenvalue weighted by Gasteiger charge is -2.37. The van der Waals surface area contributed by atoms with Gasteiger partial charge in [0.25, 0.3) is 0 Å². The molecule has 2 aromatic carbocycles. The van der Waals surface area contributed by atoms with Crippen molar-refractivity contribution in [2.45, 2.75) is 31.4 Å². The van der Waals surface area contributed by atoms with Crippen molar-refractivity contribution >= 4 is 5.69 Å². The summed E-state index contributed by atoms with van der Waals surface area (Å²) in [6.45, 7) is 0.111. The lowest BCUT2D eigenvalue weighted by Crippen LogP contribution is -2.33. The fourth-order valence-electron chi connectivity index (χ4n) is 2.68. The van der Waals surface area contributed by atoms with Crippen LogP contribution in [0.3, 0.4) is 0 Å². The molecule has 0 aliphatic heterocycles. The second-order valence-corrected chi connectivity index (χ2v) is 5.28. The van der Waals surface area contributed by atoms with E-state index in [-0.39, 0.29) is 6.61 Å². The molecule has 0 saturated heterocycles. The highest BCUT2D eigenvalue weighted by molar-refractivity contribution is 5.46. The van der Waals surface area contributed by atoms with Crippen LogP contribution in [0.2, 0.25) is 0 Å². The molecule has 0 spiro atoms. The zero-order chi connectivity index (χ0) is 13.1. The van der Waals surface area contributed by atoms with Crippen LogP contribution in [0.4, 0.5) is 5.69 Å². The predicted molar refractivity (Wildman–Crippen MR) is 78.2 cm³/mol. The van der Waals surface area contributed by atoms with E-state index in [0.717, 1.165) is 11.3 Å². The molecule has 0 unspecified atom stereocenters. The minimum Gasteiger partial charge on any atom is -0.392 e. The van der Waals surface area contributed by atoms with E-state index in [1.54, 1.807) is 0 Å². The first kappa shape index (κ1) is 12.2. The predicted octanol–water partition coefficient (Wildman–Crippen LogP) is 3.54. The van der Waals surface area contributed by atoms with Gasteiger partial charge in [0.05, 0.1) is 6.61 Å². The summed E-state index contributed by atoms with van der Waals surface area (Å²) in [6, 6.07) is 19.3. The maximum atomic E-state index is 9.01. The number of anilines is 1. The topological polar surface area (TPSA) is 32.3 Å². The summed E-state index contributed by atoms with van der Waals surface area (Å²) < 4.78 is 0. The highest BCUT2D eigenvalue weighted by Crippen LogP contribution is 2.38. The van der Waals surface area contributed by atoms with Gasteiger partial charge < -0.3 is 10.4 Å². The quantitative estimate of drug-likeness (QED) is 0.873. The number of benzene rings is 2. The Morgan fingerprint density at radius 2 is 1.63 bits per heavy atom. The van der Waals surface area contributed by atoms with Gasteiger partial charge in [-0.3, -0.25) is 0 Å². The summed E-state index contributed by atoms with van der Waals surface area (Å²) >= 11 is 0. The number of aliphatic hydroxyl groups excluding tert-OH is 1. The van der Waals surface area contributed by atoms with Crippen LogP contribution in [0.1, 0.15) is 29.9 Å². The fourth-order valence-corrected chi connectivity index (χ4v) is 2.68. The molecule has 2 nitrogen and oxygen atoms in total. The van der Waals surface area contributed by atoms with Crippen LogP contribution in [0, 0.1) is 0 Å². The second kappa shape index (κ2) is 5.45. The zero-order valence-corrected chi connectivity index (χ0v) is 10.9. The summed E-state index contributed by atoms with van der Waals surface area (Å²) in [5.41, 5.74) is 3.56. The molecule has 98 valence electrons. The second-order valence-electron chi connectivity index (χ2n) is 5.28. The van der Waals surface area contributed by atoms with Crippen LogP contribution < -0.4 is 5.32 Å². The average Bonchev–Trinajstić information content (AvgIpc) is 2.44. The molecule has 0 atom stereocenters. The van der Waals surface area contributed by atoms with Crippen molar-refractivity contribution in [3.63, 3.8) is 0 Å². The maximum absolute atomic E-state index is 9.01. The Labute approximate surface area is 114 Å². The van der Waals surface area contributed by atoms with Crippen molar-refractivity contribution in [2.24, 2.45) is 0 Å². The minimum atomic E-state index is 0.111. The van der Waals surface area contributed by atoms with Crippen molar-refractivity contribution in [1.82, 2.24) is 0 Å². The molecule has 2 N–H and O–H groups in total. The molecule has 0 heterocycles. The van der Waals surface area contributed by atoms with Crippen molar-refractivity contribution in [3.8, 4) is 0 Å². The summed E-state index contributed by atoms with van der Waals surface area (Å²) in [4.78, 5) is 0. The number of hydrogen-bond acceptors (Lipinski definition) is 2. The molecule has 0 amide bonds. The third kappa shape index (κ3) is 2.79. The smallest absolute Gasteiger partial charge is 0.0681 e. The first-order valence-corrected chi connectivity index (χ1v) is 6.86. The summed E-state index contributed by atoms with van der Waals surface area (Å²) in [5, 5.41) is 12.6. The van der Waals surface area contributed by atoms with E-state index in [4.69, 9.17) is 5.11 Å². The Hall–Kier alpha value is -1.80. The normalized spacial score (nSPS) is 21.7. The molecule has 2 aromatic rings. The van der Waals surface area contributed by atoms with Gasteiger partial charge in [-0.1, -0.05) is 42.5 Å². The summed E-state index contributed by atoms with van der Waals surface area (Å²) in [6.07, 6.45) is 2.40. The lowest BCUT2D eigenvalue weighted by atomic mass is 9.76. The van der Waals surface area contributed by atoms with Gasteiger partial charge in [0.1, 0.15) is 0 Å². The van der Waals surface area contributed by atoms with Gasteiger partial charge >= 0.3 is 0 Å². The Morgan fingerprint density at radius 1 is 0.947 bits per heavy atom. The molecule has 1 saturated carbocycles. The first-order valence-electron chi connectivity index (χ1n) is 6.86. The van der Waals surface area contributed by atoms with Crippen molar-refractivity contribution in [1.29, 1.82) is 0 Å². The van der Waals surface area contributed by atoms with E-state index in [1.165, 1.54) is 18.4 Å². The van der Waals surface area contributed by atoms with Gasteiger partial charge in [0.15, 0.2) is 0 Å². The van der Waals surface area contributed by atoms with Crippen molar-refractivity contribution < 1.29 is 5.11 Å². The molecule has 0 radical (unpaired) electrons. The van der Waals surface area contributed by atoms with E-state index in [0.29, 0.717) is 12.0 Å². The molecule has 3 rings (SSSR count). The van der Waals surface area contributed by atoms with Gasteiger partial charge in [0.2, 0.25) is 0 Å². The Morgan fingerprint density at radius 3 is 2.26 bits per heavy atom. The van der Waals surface area contributed by atoms with E-state index in [1.807, 2.05) is 24.3 Å². The van der Waals surface area contributed by atoms with Crippen LogP contribution in [0.5, 0.6) is 0 Å². The van der Waals surface area contributed by atoms with Gasteiger partial charge in [-0.05, 0) is 42.0 Å². The molecule has 0 bridgehead atoms. The highest BCUT2D eigenvalue weighted by atomic mass is 16.3. The third-order valence-corrected chi connectivity index (χ3v) is 3.92. The minimum absolute atomic E-state index is 0.111. The van der Waals surface area contributed by atoms with E-state index < -0.39 is 0 Å². The van der Waals surface area contributed by atoms with Crippen molar-refractivity contribution in [3.05, 3.63) is 65.7 Å². The van der Waals surface area contributed by atoms with Gasteiger partial charge in [0, 0.05) is 11.7 Å². The highest BCUT2D eigenvalue weighted by Gasteiger charge is 2.29. The van der Waals surface area contributed by atoms with E-state index >= 15 is 0 Å². The third-order valence-electron chi connectivity index (χ3n) is 3.92. The Bertz CT molecular complexity index is 515. The average molecular weight is 253 g/mol. The summed E-state index contributed by atoms with van der Waals surface area (Å²) in [5.74, 6) is 0.704. The lowest BCUT2D eigenvalue weighted by molar-refractivity contribution is 0.282. The molecule has 19 heavy (non-hydrogen) atoms. The molecular formula is C17H19NO. The van der Waals surface area contributed by atoms with Gasteiger partial charge in [-0.2, -0.15) is 0 Å². The molecular weight excluding hydrogens is 234 g/mol. The maximum Gasteiger partial charge on any atom is 0.0681 e. The van der Waals surface area contributed by atoms with Crippen LogP contribution in [0.25, 0.3) is 0 Å². The number of rotatable bonds is 4. The largest absolute Gasteiger partial charge is 0.392 e. The number of nitrogens with one attached hydrogen (secondary N) is 1.